The molecule has 0 aliphatic carbocycles. The van der Waals surface area contributed by atoms with Crippen molar-refractivity contribution in [3.8, 4) is 22.6 Å². The van der Waals surface area contributed by atoms with Crippen LogP contribution in [0.2, 0.25) is 5.02 Å². The van der Waals surface area contributed by atoms with Gasteiger partial charge in [-0.2, -0.15) is 4.98 Å². The van der Waals surface area contributed by atoms with Gasteiger partial charge in [0.15, 0.2) is 15.7 Å². The molecule has 0 N–H and O–H groups in total. The minimum absolute atomic E-state index is 0.00459. The Morgan fingerprint density at radius 2 is 1.86 bits per heavy atom. The minimum atomic E-state index is -3.82. The van der Waals surface area contributed by atoms with Gasteiger partial charge in [0.25, 0.3) is 5.56 Å². The number of nitrogens with zero attached hydrogens (tertiary/aromatic N) is 3. The van der Waals surface area contributed by atoms with Crippen LogP contribution in [-0.2, 0) is 15.6 Å². The van der Waals surface area contributed by atoms with Crippen molar-refractivity contribution < 1.29 is 26.5 Å². The van der Waals surface area contributed by atoms with E-state index in [2.05, 4.69) is 14.7 Å². The molecule has 0 atom stereocenters. The molecule has 0 aliphatic rings. The van der Waals surface area contributed by atoms with Gasteiger partial charge in [-0.15, -0.1) is 0 Å². The van der Waals surface area contributed by atoms with E-state index < -0.39 is 32.8 Å². The molecule has 2 aromatic heterocycles. The second kappa shape index (κ2) is 9.41. The molecule has 0 bridgehead atoms. The molecule has 188 valence electrons. The van der Waals surface area contributed by atoms with Crippen molar-refractivity contribution in [1.82, 2.24) is 14.7 Å². The lowest BCUT2D eigenvalue weighted by Gasteiger charge is -2.16. The first-order chi connectivity index (χ1) is 17.7. The van der Waals surface area contributed by atoms with Gasteiger partial charge >= 0.3 is 0 Å². The zero-order valence-corrected chi connectivity index (χ0v) is 20.6. The van der Waals surface area contributed by atoms with E-state index in [4.69, 9.17) is 16.3 Å². The number of rotatable bonds is 6. The molecular weight excluding hydrogens is 528 g/mol. The first kappa shape index (κ1) is 24.6. The van der Waals surface area contributed by atoms with Crippen LogP contribution in [0.15, 0.2) is 81.3 Å². The van der Waals surface area contributed by atoms with E-state index in [0.29, 0.717) is 10.9 Å². The van der Waals surface area contributed by atoms with Gasteiger partial charge in [0.2, 0.25) is 6.39 Å². The highest BCUT2D eigenvalue weighted by molar-refractivity contribution is 7.90. The monoisotopic (exact) mass is 543 g/mol. The molecule has 12 heteroatoms. The van der Waals surface area contributed by atoms with Gasteiger partial charge in [0.05, 0.1) is 23.2 Å². The van der Waals surface area contributed by atoms with Crippen molar-refractivity contribution in [3.63, 3.8) is 0 Å². The number of pyridine rings is 1. The first-order valence-corrected chi connectivity index (χ1v) is 12.7. The van der Waals surface area contributed by atoms with E-state index in [9.17, 15) is 17.6 Å². The first-order valence-electron chi connectivity index (χ1n) is 10.6. The number of hydrogen-bond acceptors (Lipinski definition) is 7. The van der Waals surface area contributed by atoms with Crippen LogP contribution in [0.5, 0.6) is 5.75 Å². The summed E-state index contributed by atoms with van der Waals surface area (Å²) in [5.74, 6) is -1.73. The number of halogens is 3. The lowest BCUT2D eigenvalue weighted by molar-refractivity contribution is 0.411. The molecule has 0 unspecified atom stereocenters. The van der Waals surface area contributed by atoms with Gasteiger partial charge in [-0.05, 0) is 54.1 Å². The Hall–Kier alpha value is -4.09. The number of fused-ring (bicyclic) bond motifs is 1. The highest BCUT2D eigenvalue weighted by Crippen LogP contribution is 2.35. The third-order valence-corrected chi connectivity index (χ3v) is 7.46. The molecule has 3 aromatic carbocycles. The fourth-order valence-electron chi connectivity index (χ4n) is 3.99. The van der Waals surface area contributed by atoms with E-state index in [1.165, 1.54) is 54.1 Å². The number of benzene rings is 3. The van der Waals surface area contributed by atoms with Crippen LogP contribution in [0.25, 0.3) is 27.7 Å². The fourth-order valence-corrected chi connectivity index (χ4v) is 5.42. The van der Waals surface area contributed by atoms with E-state index in [-0.39, 0.29) is 38.3 Å². The molecule has 0 saturated heterocycles. The predicted molar refractivity (Wildman–Crippen MR) is 132 cm³/mol. The van der Waals surface area contributed by atoms with Crippen molar-refractivity contribution >= 4 is 32.3 Å². The minimum Gasteiger partial charge on any atom is -0.495 e. The van der Waals surface area contributed by atoms with Crippen molar-refractivity contribution in [2.75, 3.05) is 7.11 Å². The average molecular weight is 544 g/mol. The van der Waals surface area contributed by atoms with Gasteiger partial charge in [-0.25, -0.2) is 17.2 Å². The standard InChI is InChI=1S/C25H16ClF2N3O5S/c1-35-23-10-19(15-6-16(26)9-17(27)7-15)20(28)11-22(23)31-21-4-3-18(8-14(21)2-5-25(31)32)37(33,34)12-24-29-13-36-30-24/h2-11,13H,12H2,1H3. The van der Waals surface area contributed by atoms with Crippen molar-refractivity contribution in [2.24, 2.45) is 0 Å². The molecule has 8 nitrogen and oxygen atoms in total. The third kappa shape index (κ3) is 4.70. The summed E-state index contributed by atoms with van der Waals surface area (Å²) in [7, 11) is -2.48. The van der Waals surface area contributed by atoms with Crippen LogP contribution in [0.4, 0.5) is 8.78 Å². The molecule has 0 aliphatic heterocycles. The van der Waals surface area contributed by atoms with Gasteiger partial charge in [-0.1, -0.05) is 16.8 Å². The second-order valence-electron chi connectivity index (χ2n) is 8.00. The number of hydrogen-bond donors (Lipinski definition) is 0. The number of methoxy groups -OCH3 is 1. The van der Waals surface area contributed by atoms with Crippen LogP contribution in [-0.4, -0.2) is 30.2 Å². The summed E-state index contributed by atoms with van der Waals surface area (Å²) in [6, 6.07) is 12.9. The summed E-state index contributed by atoms with van der Waals surface area (Å²) < 4.78 is 66.1. The van der Waals surface area contributed by atoms with Gasteiger partial charge in [0.1, 0.15) is 23.1 Å². The maximum absolute atomic E-state index is 15.3. The molecule has 5 aromatic rings. The lowest BCUT2D eigenvalue weighted by Crippen LogP contribution is -2.18. The smallest absolute Gasteiger partial charge is 0.255 e. The maximum Gasteiger partial charge on any atom is 0.255 e. The van der Waals surface area contributed by atoms with E-state index in [0.717, 1.165) is 24.6 Å². The van der Waals surface area contributed by atoms with E-state index in [1.54, 1.807) is 0 Å². The Morgan fingerprint density at radius 1 is 1.05 bits per heavy atom. The summed E-state index contributed by atoms with van der Waals surface area (Å²) in [6.45, 7) is 0. The summed E-state index contributed by atoms with van der Waals surface area (Å²) in [5.41, 5.74) is 0.0860. The Balaban J connectivity index is 1.65. The largest absolute Gasteiger partial charge is 0.495 e. The topological polar surface area (TPSA) is 104 Å². The zero-order valence-electron chi connectivity index (χ0n) is 19.0. The molecule has 0 amide bonds. The Bertz CT molecular complexity index is 1800. The number of aromatic nitrogens is 3. The summed E-state index contributed by atoms with van der Waals surface area (Å²) >= 11 is 5.93. The highest BCUT2D eigenvalue weighted by Gasteiger charge is 2.21. The molecule has 0 fully saturated rings. The molecule has 5 rings (SSSR count). The van der Waals surface area contributed by atoms with Crippen LogP contribution < -0.4 is 10.3 Å². The summed E-state index contributed by atoms with van der Waals surface area (Å²) in [5, 5.41) is 4.02. The van der Waals surface area contributed by atoms with Gasteiger partial charge in [-0.3, -0.25) is 9.36 Å². The summed E-state index contributed by atoms with van der Waals surface area (Å²) in [4.78, 5) is 16.6. The average Bonchev–Trinajstić information content (AvgIpc) is 3.35. The summed E-state index contributed by atoms with van der Waals surface area (Å²) in [6.07, 6.45) is 1.03. The predicted octanol–water partition coefficient (Wildman–Crippen LogP) is 4.95. The molecule has 37 heavy (non-hydrogen) atoms. The Morgan fingerprint density at radius 3 is 2.57 bits per heavy atom. The van der Waals surface area contributed by atoms with Gasteiger partial charge < -0.3 is 9.26 Å². The Labute approximate surface area is 213 Å². The molecule has 0 spiro atoms. The number of ether oxygens (including phenoxy) is 1. The maximum atomic E-state index is 15.3. The number of sulfone groups is 1. The molecular formula is C25H16ClF2N3O5S. The molecule has 2 heterocycles. The Kier molecular flexibility index (Phi) is 6.26. The molecule has 0 radical (unpaired) electrons. The SMILES string of the molecule is COc1cc(-c2cc(F)cc(Cl)c2)c(F)cc1-n1c(=O)ccc2cc(S(=O)(=O)Cc3ncon3)ccc21. The zero-order chi connectivity index (χ0) is 26.3. The fraction of sp³-hybridized carbons (Fsp3) is 0.0800. The van der Waals surface area contributed by atoms with Crippen molar-refractivity contribution in [3.05, 3.63) is 99.9 Å². The van der Waals surface area contributed by atoms with Crippen LogP contribution in [0.3, 0.4) is 0 Å². The van der Waals surface area contributed by atoms with E-state index in [1.807, 2.05) is 0 Å². The quantitative estimate of drug-likeness (QED) is 0.298. The van der Waals surface area contributed by atoms with Crippen LogP contribution >= 0.6 is 11.6 Å². The third-order valence-electron chi connectivity index (χ3n) is 5.63. The van der Waals surface area contributed by atoms with Crippen molar-refractivity contribution in [2.45, 2.75) is 10.6 Å². The van der Waals surface area contributed by atoms with Gasteiger partial charge in [0, 0.05) is 28.1 Å². The normalized spacial score (nSPS) is 11.7. The van der Waals surface area contributed by atoms with Crippen molar-refractivity contribution in [1.29, 1.82) is 0 Å². The lowest BCUT2D eigenvalue weighted by atomic mass is 10.0. The second-order valence-corrected chi connectivity index (χ2v) is 10.4. The highest BCUT2D eigenvalue weighted by atomic mass is 35.5. The van der Waals surface area contributed by atoms with Crippen LogP contribution in [0, 0.1) is 11.6 Å². The van der Waals surface area contributed by atoms with E-state index >= 15 is 4.39 Å². The van der Waals surface area contributed by atoms with Crippen LogP contribution in [0.1, 0.15) is 5.82 Å². The molecule has 0 saturated carbocycles.